The van der Waals surface area contributed by atoms with Gasteiger partial charge in [-0.2, -0.15) is 0 Å². The number of anilines is 1. The van der Waals surface area contributed by atoms with Gasteiger partial charge in [0.25, 0.3) is 5.91 Å². The Labute approximate surface area is 102 Å². The average molecular weight is 236 g/mol. The molecule has 0 aromatic carbocycles. The predicted molar refractivity (Wildman–Crippen MR) is 68.0 cm³/mol. The molecule has 94 valence electrons. The highest BCUT2D eigenvalue weighted by atomic mass is 16.1. The van der Waals surface area contributed by atoms with Crippen molar-refractivity contribution >= 4 is 11.7 Å². The van der Waals surface area contributed by atoms with E-state index in [1.165, 1.54) is 6.20 Å². The Hall–Kier alpha value is -1.65. The predicted octanol–water partition coefficient (Wildman–Crippen LogP) is 1.68. The lowest BCUT2D eigenvalue weighted by Crippen LogP contribution is -2.37. The maximum Gasteiger partial charge on any atom is 0.271 e. The van der Waals surface area contributed by atoms with Gasteiger partial charge in [0, 0.05) is 13.1 Å². The summed E-state index contributed by atoms with van der Waals surface area (Å²) in [6.07, 6.45) is 4.08. The van der Waals surface area contributed by atoms with E-state index in [0.29, 0.717) is 17.4 Å². The molecule has 0 saturated heterocycles. The minimum atomic E-state index is -0.178. The van der Waals surface area contributed by atoms with Crippen LogP contribution in [0.5, 0.6) is 0 Å². The summed E-state index contributed by atoms with van der Waals surface area (Å²) in [5, 5.41) is 5.78. The maximum absolute atomic E-state index is 11.9. The molecule has 5 nitrogen and oxygen atoms in total. The van der Waals surface area contributed by atoms with Gasteiger partial charge >= 0.3 is 0 Å². The molecule has 1 aromatic heterocycles. The zero-order chi connectivity index (χ0) is 12.8. The number of nitrogens with one attached hydrogen (secondary N) is 2. The van der Waals surface area contributed by atoms with Gasteiger partial charge in [0.15, 0.2) is 0 Å². The second kappa shape index (κ2) is 6.18. The molecule has 0 aliphatic carbocycles. The highest BCUT2D eigenvalue weighted by molar-refractivity contribution is 5.92. The van der Waals surface area contributed by atoms with Gasteiger partial charge in [-0.1, -0.05) is 20.3 Å². The van der Waals surface area contributed by atoms with Crippen LogP contribution in [0.15, 0.2) is 12.4 Å². The number of carbonyl (C=O) groups is 1. The molecule has 0 bridgehead atoms. The van der Waals surface area contributed by atoms with Crippen molar-refractivity contribution in [2.45, 2.75) is 33.2 Å². The molecule has 2 N–H and O–H groups in total. The second-order valence-electron chi connectivity index (χ2n) is 4.19. The molecule has 1 aromatic rings. The van der Waals surface area contributed by atoms with Crippen LogP contribution in [0, 0.1) is 5.92 Å². The zero-order valence-corrected chi connectivity index (χ0v) is 10.8. The molecule has 5 heteroatoms. The van der Waals surface area contributed by atoms with Gasteiger partial charge in [-0.25, -0.2) is 4.98 Å². The summed E-state index contributed by atoms with van der Waals surface area (Å²) in [5.74, 6) is 0.857. The molecule has 17 heavy (non-hydrogen) atoms. The van der Waals surface area contributed by atoms with Crippen LogP contribution < -0.4 is 10.6 Å². The summed E-state index contributed by atoms with van der Waals surface area (Å²) >= 11 is 0. The van der Waals surface area contributed by atoms with Crippen molar-refractivity contribution in [3.8, 4) is 0 Å². The topological polar surface area (TPSA) is 66.9 Å². The van der Waals surface area contributed by atoms with Crippen molar-refractivity contribution in [2.75, 3.05) is 12.4 Å². The molecule has 0 saturated carbocycles. The lowest BCUT2D eigenvalue weighted by Gasteiger charge is -2.19. The van der Waals surface area contributed by atoms with Crippen LogP contribution in [0.3, 0.4) is 0 Å². The van der Waals surface area contributed by atoms with E-state index in [1.807, 2.05) is 6.92 Å². The van der Waals surface area contributed by atoms with E-state index in [0.717, 1.165) is 6.42 Å². The Morgan fingerprint density at radius 3 is 2.71 bits per heavy atom. The third-order valence-electron chi connectivity index (χ3n) is 2.98. The Bertz CT molecular complexity index is 381. The monoisotopic (exact) mass is 236 g/mol. The van der Waals surface area contributed by atoms with Crippen molar-refractivity contribution in [3.05, 3.63) is 18.1 Å². The molecule has 2 atom stereocenters. The van der Waals surface area contributed by atoms with Crippen LogP contribution in [-0.4, -0.2) is 29.0 Å². The van der Waals surface area contributed by atoms with Crippen LogP contribution in [0.25, 0.3) is 0 Å². The summed E-state index contributed by atoms with van der Waals surface area (Å²) in [6.45, 7) is 6.22. The maximum atomic E-state index is 11.9. The number of amides is 1. The smallest absolute Gasteiger partial charge is 0.271 e. The van der Waals surface area contributed by atoms with Crippen LogP contribution in [-0.2, 0) is 0 Å². The number of aromatic nitrogens is 2. The van der Waals surface area contributed by atoms with E-state index in [9.17, 15) is 4.79 Å². The Kier molecular flexibility index (Phi) is 4.87. The normalized spacial score (nSPS) is 13.9. The Morgan fingerprint density at radius 2 is 2.12 bits per heavy atom. The molecule has 0 radical (unpaired) electrons. The third kappa shape index (κ3) is 3.69. The number of hydrogen-bond donors (Lipinski definition) is 2. The molecule has 2 unspecified atom stereocenters. The van der Waals surface area contributed by atoms with E-state index >= 15 is 0 Å². The molecule has 0 fully saturated rings. The lowest BCUT2D eigenvalue weighted by atomic mass is 10.0. The van der Waals surface area contributed by atoms with Gasteiger partial charge in [0.2, 0.25) is 0 Å². The largest absolute Gasteiger partial charge is 0.372 e. The highest BCUT2D eigenvalue weighted by Crippen LogP contribution is 2.08. The minimum absolute atomic E-state index is 0.132. The lowest BCUT2D eigenvalue weighted by molar-refractivity contribution is 0.0923. The number of rotatable bonds is 5. The van der Waals surface area contributed by atoms with E-state index in [-0.39, 0.29) is 11.9 Å². The van der Waals surface area contributed by atoms with E-state index in [2.05, 4.69) is 34.4 Å². The molecular weight excluding hydrogens is 216 g/mol. The van der Waals surface area contributed by atoms with Crippen molar-refractivity contribution in [3.63, 3.8) is 0 Å². The first-order chi connectivity index (χ1) is 8.08. The number of nitrogens with zero attached hydrogens (tertiary/aromatic N) is 2. The van der Waals surface area contributed by atoms with Crippen molar-refractivity contribution in [1.82, 2.24) is 15.3 Å². The van der Waals surface area contributed by atoms with Gasteiger partial charge in [0.1, 0.15) is 11.5 Å². The molecule has 1 heterocycles. The Morgan fingerprint density at radius 1 is 1.41 bits per heavy atom. The van der Waals surface area contributed by atoms with Crippen LogP contribution in [0.1, 0.15) is 37.7 Å². The standard InChI is InChI=1S/C12H20N4O/c1-5-8(2)9(3)15-12(17)10-6-14-7-11(13-4)16-10/h6-9H,5H2,1-4H3,(H,13,16)(H,15,17). The van der Waals surface area contributed by atoms with E-state index < -0.39 is 0 Å². The summed E-state index contributed by atoms with van der Waals surface area (Å²) in [5.41, 5.74) is 0.340. The first-order valence-corrected chi connectivity index (χ1v) is 5.89. The minimum Gasteiger partial charge on any atom is -0.372 e. The average Bonchev–Trinajstić information content (AvgIpc) is 2.37. The van der Waals surface area contributed by atoms with Gasteiger partial charge in [-0.15, -0.1) is 0 Å². The van der Waals surface area contributed by atoms with Crippen LogP contribution >= 0.6 is 0 Å². The fourth-order valence-electron chi connectivity index (χ4n) is 1.37. The summed E-state index contributed by atoms with van der Waals surface area (Å²) in [6, 6.07) is 0.132. The third-order valence-corrected chi connectivity index (χ3v) is 2.98. The quantitative estimate of drug-likeness (QED) is 0.816. The fourth-order valence-corrected chi connectivity index (χ4v) is 1.37. The molecular formula is C12H20N4O. The highest BCUT2D eigenvalue weighted by Gasteiger charge is 2.15. The summed E-state index contributed by atoms with van der Waals surface area (Å²) in [4.78, 5) is 20.0. The second-order valence-corrected chi connectivity index (χ2v) is 4.19. The number of carbonyl (C=O) groups excluding carboxylic acids is 1. The number of hydrogen-bond acceptors (Lipinski definition) is 4. The SMILES string of the molecule is CCC(C)C(C)NC(=O)c1cncc(NC)n1. The van der Waals surface area contributed by atoms with Gasteiger partial charge < -0.3 is 10.6 Å². The van der Waals surface area contributed by atoms with E-state index in [4.69, 9.17) is 0 Å². The van der Waals surface area contributed by atoms with E-state index in [1.54, 1.807) is 13.2 Å². The van der Waals surface area contributed by atoms with Gasteiger partial charge in [-0.3, -0.25) is 9.78 Å². The van der Waals surface area contributed by atoms with Crippen LogP contribution in [0.4, 0.5) is 5.82 Å². The van der Waals surface area contributed by atoms with Crippen LogP contribution in [0.2, 0.25) is 0 Å². The zero-order valence-electron chi connectivity index (χ0n) is 10.8. The van der Waals surface area contributed by atoms with Crippen molar-refractivity contribution in [2.24, 2.45) is 5.92 Å². The first-order valence-electron chi connectivity index (χ1n) is 5.89. The molecule has 0 aliphatic heterocycles. The van der Waals surface area contributed by atoms with Crippen molar-refractivity contribution in [1.29, 1.82) is 0 Å². The first kappa shape index (κ1) is 13.4. The Balaban J connectivity index is 2.69. The van der Waals surface area contributed by atoms with Gasteiger partial charge in [-0.05, 0) is 12.8 Å². The molecule has 0 aliphatic rings. The summed E-state index contributed by atoms with van der Waals surface area (Å²) < 4.78 is 0. The molecule has 1 rings (SSSR count). The van der Waals surface area contributed by atoms with Gasteiger partial charge in [0.05, 0.1) is 12.4 Å². The molecule has 1 amide bonds. The van der Waals surface area contributed by atoms with Crippen molar-refractivity contribution < 1.29 is 4.79 Å². The summed E-state index contributed by atoms with van der Waals surface area (Å²) in [7, 11) is 1.74. The fraction of sp³-hybridized carbons (Fsp3) is 0.583. The molecule has 0 spiro atoms.